The second kappa shape index (κ2) is 0.783. The van der Waals surface area contributed by atoms with Crippen molar-refractivity contribution in [2.24, 2.45) is 0 Å². The normalized spacial score (nSPS) is 108. The Labute approximate surface area is 105 Å². The molecule has 0 bridgehead atoms. The summed E-state index contributed by atoms with van der Waals surface area (Å²) in [4.78, 5) is 15.9. The SMILES string of the molecule is C1=CCCCCCC1.[CH]12[CH]3[CH]4[CH]5[CH]1[Co]23451678[CH]2[CH]1[CH]6[CH]7[CH]28. The Morgan fingerprint density at radius 1 is 0.474 bits per heavy atom. The first-order valence-corrected chi connectivity index (χ1v) is 14.9. The summed E-state index contributed by atoms with van der Waals surface area (Å²) in [5.41, 5.74) is 0. The molecule has 11 aliphatic rings. The number of rotatable bonds is 0. The fourth-order valence-corrected chi connectivity index (χ4v) is 82.3. The second-order valence-electron chi connectivity index (χ2n) is 11.6. The molecule has 19 heavy (non-hydrogen) atoms. The molecule has 1 aliphatic carbocycles. The van der Waals surface area contributed by atoms with E-state index >= 15 is 0 Å². The van der Waals surface area contributed by atoms with Crippen LogP contribution in [0.2, 0.25) is 48.5 Å². The Hall–Kier alpha value is 0.246. The van der Waals surface area contributed by atoms with Crippen molar-refractivity contribution in [2.75, 3.05) is 0 Å². The van der Waals surface area contributed by atoms with Crippen molar-refractivity contribution in [3.8, 4) is 0 Å². The number of hydrogen-bond acceptors (Lipinski definition) is 0. The van der Waals surface area contributed by atoms with Crippen LogP contribution in [0.1, 0.15) is 38.5 Å². The van der Waals surface area contributed by atoms with E-state index in [1.54, 1.807) is 48.5 Å². The molecule has 0 radical (unpaired) electrons. The molecule has 0 nitrogen and oxygen atoms in total. The topological polar surface area (TPSA) is 0 Å². The van der Waals surface area contributed by atoms with Crippen LogP contribution in [0.15, 0.2) is 12.2 Å². The summed E-state index contributed by atoms with van der Waals surface area (Å²) in [5, 5.41) is 0. The van der Waals surface area contributed by atoms with Gasteiger partial charge in [-0.15, -0.1) is 0 Å². The summed E-state index contributed by atoms with van der Waals surface area (Å²) >= 11 is 0. The molecule has 0 N–H and O–H groups in total. The van der Waals surface area contributed by atoms with Crippen molar-refractivity contribution in [1.82, 2.24) is 0 Å². The van der Waals surface area contributed by atoms with Crippen molar-refractivity contribution in [1.29, 1.82) is 0 Å². The second-order valence-corrected chi connectivity index (χ2v) is 34.2. The fourth-order valence-electron chi connectivity index (χ4n) is 16.0. The predicted octanol–water partition coefficient (Wildman–Crippen LogP) is 6.27. The number of hydrogen-bond donors (Lipinski definition) is 0. The molecule has 10 saturated heterocycles. The first kappa shape index (κ1) is 8.03. The molecule has 1 heteroatoms. The van der Waals surface area contributed by atoms with Crippen LogP contribution in [0.25, 0.3) is 0 Å². The third kappa shape index (κ3) is 0.111. The van der Waals surface area contributed by atoms with Gasteiger partial charge in [0.25, 0.3) is 0 Å². The van der Waals surface area contributed by atoms with Gasteiger partial charge in [0, 0.05) is 0 Å². The molecule has 0 amide bonds. The van der Waals surface area contributed by atoms with E-state index in [0.717, 1.165) is 0 Å². The Bertz CT molecular complexity index is 730. The van der Waals surface area contributed by atoms with E-state index in [2.05, 4.69) is 12.2 Å². The van der Waals surface area contributed by atoms with E-state index in [1.165, 1.54) is 38.5 Å². The standard InChI is InChI=1S/C8H14.2C5H5.Co/c1-2-4-6-8-7-5-3-1;2*1-2-4-5-3-1;/h1-2H,3-8H2;2*1-5H;. The van der Waals surface area contributed by atoms with E-state index in [0.29, 0.717) is 0 Å². The van der Waals surface area contributed by atoms with Crippen molar-refractivity contribution in [2.45, 2.75) is 87.0 Å². The van der Waals surface area contributed by atoms with Gasteiger partial charge in [0.2, 0.25) is 0 Å². The maximum absolute atomic E-state index is 2.32. The Morgan fingerprint density at radius 3 is 1.00 bits per heavy atom. The van der Waals surface area contributed by atoms with Gasteiger partial charge in [-0.25, -0.2) is 0 Å². The van der Waals surface area contributed by atoms with Gasteiger partial charge in [0.15, 0.2) is 0 Å². The van der Waals surface area contributed by atoms with Gasteiger partial charge >= 0.3 is 54.9 Å². The minimum atomic E-state index is -2.20. The zero-order valence-electron chi connectivity index (χ0n) is 11.5. The average molecular weight is 299 g/mol. The average Bonchev–Trinajstić information content (AvgIpc) is 3.33. The molecule has 10 fully saturated rings. The Morgan fingerprint density at radius 2 is 0.789 bits per heavy atom. The quantitative estimate of drug-likeness (QED) is 0.462. The number of fused-ring (bicyclic) bond motifs is 10. The molecule has 0 saturated carbocycles. The Balaban J connectivity index is 0.0000000821. The zero-order valence-corrected chi connectivity index (χ0v) is 12.5. The molecule has 0 unspecified atom stereocenters. The maximum atomic E-state index is 2.32. The van der Waals surface area contributed by atoms with Crippen LogP contribution in [-0.4, -0.2) is 0 Å². The summed E-state index contributed by atoms with van der Waals surface area (Å²) in [5.74, 6) is 0. The molecule has 10 heterocycles. The summed E-state index contributed by atoms with van der Waals surface area (Å²) in [7, 11) is 0. The fraction of sp³-hybridized carbons (Fsp3) is 0.889. The molecular weight excluding hydrogens is 275 g/mol. The van der Waals surface area contributed by atoms with Gasteiger partial charge in [-0.3, -0.25) is 0 Å². The minimum absolute atomic E-state index is 1.32. The van der Waals surface area contributed by atoms with Gasteiger partial charge < -0.3 is 0 Å². The molecule has 10 aliphatic heterocycles. The van der Waals surface area contributed by atoms with Crippen LogP contribution < -0.4 is 0 Å². The monoisotopic (exact) mass is 299 g/mol. The zero-order chi connectivity index (χ0) is 11.7. The van der Waals surface area contributed by atoms with E-state index in [9.17, 15) is 0 Å². The molecule has 1 spiro atoms. The summed E-state index contributed by atoms with van der Waals surface area (Å²) in [6.45, 7) is 0. The van der Waals surface area contributed by atoms with Crippen LogP contribution >= 0.6 is 0 Å². The third-order valence-electron chi connectivity index (χ3n) is 15.4. The van der Waals surface area contributed by atoms with E-state index in [-0.39, 0.29) is 0 Å². The molecule has 0 atom stereocenters. The third-order valence-corrected chi connectivity index (χ3v) is 55.0. The summed E-state index contributed by atoms with van der Waals surface area (Å²) in [6, 6.07) is 0. The van der Waals surface area contributed by atoms with Gasteiger partial charge in [0.1, 0.15) is 0 Å². The van der Waals surface area contributed by atoms with Gasteiger partial charge in [-0.05, 0) is 25.7 Å². The Kier molecular flexibility index (Phi) is 0.331. The molecule has 105 valence electrons. The molecule has 0 aromatic rings. The first-order valence-electron chi connectivity index (χ1n) is 8.91. The van der Waals surface area contributed by atoms with Crippen LogP contribution in [-0.2, 0) is 6.37 Å². The van der Waals surface area contributed by atoms with E-state index in [4.69, 9.17) is 0 Å². The predicted molar refractivity (Wildman–Crippen MR) is 74.3 cm³/mol. The van der Waals surface area contributed by atoms with Crippen molar-refractivity contribution >= 4 is 0 Å². The van der Waals surface area contributed by atoms with Gasteiger partial charge in [-0.1, -0.05) is 25.0 Å². The van der Waals surface area contributed by atoms with Crippen LogP contribution in [0.3, 0.4) is 0 Å². The number of allylic oxidation sites excluding steroid dienone is 2. The molecule has 0 aromatic heterocycles. The van der Waals surface area contributed by atoms with E-state index in [1.807, 2.05) is 0 Å². The first-order chi connectivity index (χ1) is 9.16. The van der Waals surface area contributed by atoms with Crippen LogP contribution in [0, 0.1) is 0 Å². The molecule has 0 aromatic carbocycles. The summed E-state index contributed by atoms with van der Waals surface area (Å²) < 4.78 is 0. The summed E-state index contributed by atoms with van der Waals surface area (Å²) in [6.07, 6.45) is 10.8. The van der Waals surface area contributed by atoms with Gasteiger partial charge in [-0.2, -0.15) is 0 Å². The van der Waals surface area contributed by atoms with Crippen LogP contribution in [0.5, 0.6) is 0 Å². The van der Waals surface area contributed by atoms with Crippen molar-refractivity contribution in [3.05, 3.63) is 12.2 Å². The van der Waals surface area contributed by atoms with Crippen molar-refractivity contribution in [3.63, 3.8) is 0 Å². The van der Waals surface area contributed by atoms with Crippen molar-refractivity contribution < 1.29 is 6.37 Å². The molecule has 11 rings (SSSR count). The van der Waals surface area contributed by atoms with Crippen LogP contribution in [0.4, 0.5) is 0 Å². The van der Waals surface area contributed by atoms with Gasteiger partial charge in [0.05, 0.1) is 0 Å². The molecular formula is C18H24Co. The van der Waals surface area contributed by atoms with E-state index < -0.39 is 6.37 Å².